The zero-order valence-corrected chi connectivity index (χ0v) is 5.83. The van der Waals surface area contributed by atoms with Crippen molar-refractivity contribution in [3.8, 4) is 11.4 Å². The molecule has 2 aromatic heterocycles. The highest BCUT2D eigenvalue weighted by atomic mass is 15.1. The summed E-state index contributed by atoms with van der Waals surface area (Å²) < 4.78 is 0. The molecule has 0 aromatic carbocycles. The summed E-state index contributed by atoms with van der Waals surface area (Å²) in [4.78, 5) is 3.01. The number of nitrogen functional groups attached to an aromatic ring is 1. The molecule has 0 bridgehead atoms. The number of aromatic nitrogens is 3. The van der Waals surface area contributed by atoms with Crippen molar-refractivity contribution in [3.63, 3.8) is 0 Å². The van der Waals surface area contributed by atoms with E-state index in [9.17, 15) is 0 Å². The maximum absolute atomic E-state index is 5.52. The molecule has 4 heteroatoms. The van der Waals surface area contributed by atoms with Gasteiger partial charge in [-0.2, -0.15) is 5.10 Å². The molecule has 0 aliphatic rings. The molecule has 0 fully saturated rings. The van der Waals surface area contributed by atoms with Crippen molar-refractivity contribution in [3.05, 3.63) is 24.5 Å². The minimum Gasteiger partial charge on any atom is -0.397 e. The Kier molecular flexibility index (Phi) is 1.18. The lowest BCUT2D eigenvalue weighted by molar-refractivity contribution is 1.09. The molecule has 4 N–H and O–H groups in total. The van der Waals surface area contributed by atoms with Gasteiger partial charge in [0.2, 0.25) is 0 Å². The quantitative estimate of drug-likeness (QED) is 0.564. The summed E-state index contributed by atoms with van der Waals surface area (Å²) in [6.45, 7) is 0. The minimum absolute atomic E-state index is 0.731. The van der Waals surface area contributed by atoms with Gasteiger partial charge in [0.25, 0.3) is 0 Å². The van der Waals surface area contributed by atoms with Crippen LogP contribution in [0.2, 0.25) is 0 Å². The van der Waals surface area contributed by atoms with Crippen LogP contribution in [0.1, 0.15) is 0 Å². The van der Waals surface area contributed by atoms with Gasteiger partial charge < -0.3 is 10.7 Å². The molecule has 11 heavy (non-hydrogen) atoms. The highest BCUT2D eigenvalue weighted by Gasteiger charge is 1.99. The fraction of sp³-hybridized carbons (Fsp3) is 0. The van der Waals surface area contributed by atoms with E-state index >= 15 is 0 Å². The van der Waals surface area contributed by atoms with Crippen molar-refractivity contribution >= 4 is 5.69 Å². The molecule has 56 valence electrons. The van der Waals surface area contributed by atoms with Gasteiger partial charge in [0.1, 0.15) is 0 Å². The summed E-state index contributed by atoms with van der Waals surface area (Å²) in [6, 6.07) is 3.73. The Morgan fingerprint density at radius 3 is 2.82 bits per heavy atom. The Hall–Kier alpha value is -1.71. The van der Waals surface area contributed by atoms with Gasteiger partial charge in [0.05, 0.1) is 11.4 Å². The fourth-order valence-electron chi connectivity index (χ4n) is 0.972. The van der Waals surface area contributed by atoms with Crippen LogP contribution in [0.3, 0.4) is 0 Å². The van der Waals surface area contributed by atoms with Crippen LogP contribution in [0.15, 0.2) is 24.5 Å². The van der Waals surface area contributed by atoms with Crippen molar-refractivity contribution in [2.45, 2.75) is 0 Å². The monoisotopic (exact) mass is 148 g/mol. The number of nitrogens with one attached hydrogen (secondary N) is 2. The minimum atomic E-state index is 0.731. The van der Waals surface area contributed by atoms with E-state index in [-0.39, 0.29) is 0 Å². The molecule has 0 saturated heterocycles. The lowest BCUT2D eigenvalue weighted by Crippen LogP contribution is -1.77. The van der Waals surface area contributed by atoms with E-state index in [1.165, 1.54) is 0 Å². The summed E-state index contributed by atoms with van der Waals surface area (Å²) in [6.07, 6.45) is 3.45. The Labute approximate surface area is 63.4 Å². The highest BCUT2D eigenvalue weighted by molar-refractivity contribution is 5.59. The van der Waals surface area contributed by atoms with Gasteiger partial charge in [-0.3, -0.25) is 5.10 Å². The standard InChI is InChI=1S/C7H8N4/c8-5-3-7(9-4-5)6-1-2-10-11-6/h1-4,9H,8H2,(H,10,11). The lowest BCUT2D eigenvalue weighted by atomic mass is 10.3. The van der Waals surface area contributed by atoms with E-state index in [0.29, 0.717) is 0 Å². The molecule has 2 rings (SSSR count). The Balaban J connectivity index is 2.45. The first-order valence-corrected chi connectivity index (χ1v) is 3.30. The molecule has 0 amide bonds. The van der Waals surface area contributed by atoms with E-state index in [1.807, 2.05) is 12.1 Å². The Morgan fingerprint density at radius 2 is 2.27 bits per heavy atom. The van der Waals surface area contributed by atoms with Gasteiger partial charge in [-0.25, -0.2) is 0 Å². The first-order chi connectivity index (χ1) is 5.36. The number of aromatic amines is 2. The van der Waals surface area contributed by atoms with Crippen LogP contribution in [0.5, 0.6) is 0 Å². The summed E-state index contributed by atoms with van der Waals surface area (Å²) in [5.41, 5.74) is 8.15. The summed E-state index contributed by atoms with van der Waals surface area (Å²) in [5, 5.41) is 6.65. The predicted octanol–water partition coefficient (Wildman–Crippen LogP) is 0.987. The second kappa shape index (κ2) is 2.16. The molecule has 0 aliphatic heterocycles. The second-order valence-electron chi connectivity index (χ2n) is 2.32. The molecule has 0 atom stereocenters. The van der Waals surface area contributed by atoms with Gasteiger partial charge >= 0.3 is 0 Å². The molecule has 0 unspecified atom stereocenters. The van der Waals surface area contributed by atoms with Gasteiger partial charge in [0, 0.05) is 18.1 Å². The maximum atomic E-state index is 5.52. The zero-order chi connectivity index (χ0) is 7.68. The molecule has 2 heterocycles. The zero-order valence-electron chi connectivity index (χ0n) is 5.83. The first-order valence-electron chi connectivity index (χ1n) is 3.30. The van der Waals surface area contributed by atoms with Gasteiger partial charge in [-0.05, 0) is 12.1 Å². The van der Waals surface area contributed by atoms with Crippen LogP contribution in [-0.4, -0.2) is 15.2 Å². The Morgan fingerprint density at radius 1 is 1.36 bits per heavy atom. The topological polar surface area (TPSA) is 70.5 Å². The van der Waals surface area contributed by atoms with Gasteiger partial charge in [-0.15, -0.1) is 0 Å². The third kappa shape index (κ3) is 0.980. The molecule has 0 radical (unpaired) electrons. The van der Waals surface area contributed by atoms with Gasteiger partial charge in [-0.1, -0.05) is 0 Å². The average Bonchev–Trinajstić information content (AvgIpc) is 2.55. The van der Waals surface area contributed by atoms with E-state index in [4.69, 9.17) is 5.73 Å². The van der Waals surface area contributed by atoms with E-state index in [2.05, 4.69) is 15.2 Å². The number of hydrogen-bond donors (Lipinski definition) is 3. The van der Waals surface area contributed by atoms with Crippen LogP contribution in [0.4, 0.5) is 5.69 Å². The fourth-order valence-corrected chi connectivity index (χ4v) is 0.972. The largest absolute Gasteiger partial charge is 0.397 e. The van der Waals surface area contributed by atoms with E-state index in [0.717, 1.165) is 17.1 Å². The third-order valence-corrected chi connectivity index (χ3v) is 1.50. The SMILES string of the molecule is Nc1c[nH]c(-c2ccn[nH]2)c1. The van der Waals surface area contributed by atoms with Crippen LogP contribution in [0.25, 0.3) is 11.4 Å². The molecule has 0 aliphatic carbocycles. The van der Waals surface area contributed by atoms with Crippen LogP contribution in [0, 0.1) is 0 Å². The molecule has 0 saturated carbocycles. The van der Waals surface area contributed by atoms with Crippen LogP contribution < -0.4 is 5.73 Å². The summed E-state index contributed by atoms with van der Waals surface area (Å²) in [7, 11) is 0. The molecule has 2 aromatic rings. The molecular weight excluding hydrogens is 140 g/mol. The molecular formula is C7H8N4. The van der Waals surface area contributed by atoms with Crippen LogP contribution >= 0.6 is 0 Å². The normalized spacial score (nSPS) is 10.2. The average molecular weight is 148 g/mol. The predicted molar refractivity (Wildman–Crippen MR) is 42.8 cm³/mol. The van der Waals surface area contributed by atoms with Crippen LogP contribution in [-0.2, 0) is 0 Å². The summed E-state index contributed by atoms with van der Waals surface area (Å²) >= 11 is 0. The number of nitrogens with zero attached hydrogens (tertiary/aromatic N) is 1. The van der Waals surface area contributed by atoms with E-state index < -0.39 is 0 Å². The smallest absolute Gasteiger partial charge is 0.0813 e. The number of H-pyrrole nitrogens is 2. The lowest BCUT2D eigenvalue weighted by Gasteiger charge is -1.87. The van der Waals surface area contributed by atoms with Crippen molar-refractivity contribution in [1.82, 2.24) is 15.2 Å². The first kappa shape index (κ1) is 6.03. The van der Waals surface area contributed by atoms with Crippen molar-refractivity contribution in [2.75, 3.05) is 5.73 Å². The van der Waals surface area contributed by atoms with Gasteiger partial charge in [0.15, 0.2) is 0 Å². The third-order valence-electron chi connectivity index (χ3n) is 1.50. The number of rotatable bonds is 1. The highest BCUT2D eigenvalue weighted by Crippen LogP contribution is 2.16. The number of nitrogens with two attached hydrogens (primary N) is 1. The van der Waals surface area contributed by atoms with E-state index in [1.54, 1.807) is 12.4 Å². The summed E-state index contributed by atoms with van der Waals surface area (Å²) in [5.74, 6) is 0. The molecule has 4 nitrogen and oxygen atoms in total. The van der Waals surface area contributed by atoms with Crippen molar-refractivity contribution in [2.24, 2.45) is 0 Å². The Bertz CT molecular complexity index is 333. The maximum Gasteiger partial charge on any atom is 0.0813 e. The number of hydrogen-bond acceptors (Lipinski definition) is 2. The van der Waals surface area contributed by atoms with Crippen molar-refractivity contribution in [1.29, 1.82) is 0 Å². The molecule has 0 spiro atoms. The van der Waals surface area contributed by atoms with Crippen molar-refractivity contribution < 1.29 is 0 Å². The second-order valence-corrected chi connectivity index (χ2v) is 2.32. The number of anilines is 1.